The summed E-state index contributed by atoms with van der Waals surface area (Å²) in [5, 5.41) is 7.48. The van der Waals surface area contributed by atoms with Crippen LogP contribution in [0, 0.1) is 0 Å². The largest absolute Gasteiger partial charge is 0.361 e. The number of fused-ring (bicyclic) bond motifs is 1. The van der Waals surface area contributed by atoms with Crippen molar-refractivity contribution in [2.45, 2.75) is 39.3 Å². The van der Waals surface area contributed by atoms with E-state index in [0.717, 1.165) is 12.1 Å². The molecule has 0 unspecified atom stereocenters. The van der Waals surface area contributed by atoms with Crippen molar-refractivity contribution in [2.75, 3.05) is 6.54 Å². The molecule has 0 saturated carbocycles. The van der Waals surface area contributed by atoms with E-state index in [9.17, 15) is 4.79 Å². The quantitative estimate of drug-likeness (QED) is 0.733. The summed E-state index contributed by atoms with van der Waals surface area (Å²) < 4.78 is 0. The maximum atomic E-state index is 11.7. The molecule has 1 aromatic carbocycles. The van der Waals surface area contributed by atoms with E-state index in [2.05, 4.69) is 39.9 Å². The Hall–Kier alpha value is -1.81. The van der Waals surface area contributed by atoms with Gasteiger partial charge in [0.2, 0.25) is 5.91 Å². The molecule has 2 aromatic rings. The lowest BCUT2D eigenvalue weighted by molar-refractivity contribution is -0.122. The highest BCUT2D eigenvalue weighted by molar-refractivity contribution is 5.79. The molecule has 1 heterocycles. The van der Waals surface area contributed by atoms with Crippen LogP contribution in [-0.2, 0) is 11.3 Å². The predicted octanol–water partition coefficient (Wildman–Crippen LogP) is 2.56. The average molecular weight is 273 g/mol. The zero-order valence-electron chi connectivity index (χ0n) is 12.4. The summed E-state index contributed by atoms with van der Waals surface area (Å²) in [6.45, 7) is 7.44. The van der Waals surface area contributed by atoms with Gasteiger partial charge >= 0.3 is 0 Å². The molecular formula is C16H23N3O. The van der Waals surface area contributed by atoms with Crippen LogP contribution in [0.4, 0.5) is 0 Å². The van der Waals surface area contributed by atoms with Gasteiger partial charge in [-0.05, 0) is 49.9 Å². The van der Waals surface area contributed by atoms with Gasteiger partial charge in [-0.3, -0.25) is 4.79 Å². The van der Waals surface area contributed by atoms with E-state index < -0.39 is 0 Å². The molecule has 0 aliphatic carbocycles. The van der Waals surface area contributed by atoms with E-state index in [-0.39, 0.29) is 11.4 Å². The third-order valence-electron chi connectivity index (χ3n) is 2.99. The Morgan fingerprint density at radius 1 is 1.25 bits per heavy atom. The minimum absolute atomic E-state index is 0.0890. The molecule has 3 N–H and O–H groups in total. The molecule has 0 radical (unpaired) electrons. The van der Waals surface area contributed by atoms with Crippen LogP contribution >= 0.6 is 0 Å². The van der Waals surface area contributed by atoms with Crippen molar-refractivity contribution in [3.05, 3.63) is 36.0 Å². The normalized spacial score (nSPS) is 11.8. The fourth-order valence-electron chi connectivity index (χ4n) is 2.13. The van der Waals surface area contributed by atoms with Crippen molar-refractivity contribution in [1.29, 1.82) is 0 Å². The smallest absolute Gasteiger partial charge is 0.221 e. The molecule has 0 aliphatic rings. The molecular weight excluding hydrogens is 250 g/mol. The van der Waals surface area contributed by atoms with Crippen LogP contribution in [0.3, 0.4) is 0 Å². The molecule has 0 aliphatic heterocycles. The first-order valence-electron chi connectivity index (χ1n) is 7.02. The Bertz CT molecular complexity index is 581. The first-order valence-corrected chi connectivity index (χ1v) is 7.02. The van der Waals surface area contributed by atoms with Gasteiger partial charge in [-0.1, -0.05) is 6.07 Å². The number of carbonyl (C=O) groups is 1. The van der Waals surface area contributed by atoms with Gasteiger partial charge in [0.15, 0.2) is 0 Å². The number of nitrogens with one attached hydrogen (secondary N) is 3. The van der Waals surface area contributed by atoms with Crippen LogP contribution in [-0.4, -0.2) is 23.0 Å². The number of hydrogen-bond acceptors (Lipinski definition) is 2. The number of rotatable bonds is 5. The fraction of sp³-hybridized carbons (Fsp3) is 0.438. The Labute approximate surface area is 120 Å². The van der Waals surface area contributed by atoms with Crippen molar-refractivity contribution >= 4 is 16.8 Å². The first kappa shape index (κ1) is 14.6. The molecule has 0 fully saturated rings. The Morgan fingerprint density at radius 3 is 2.80 bits per heavy atom. The van der Waals surface area contributed by atoms with Crippen molar-refractivity contribution in [3.8, 4) is 0 Å². The molecule has 1 amide bonds. The summed E-state index contributed by atoms with van der Waals surface area (Å²) in [6, 6.07) is 8.41. The summed E-state index contributed by atoms with van der Waals surface area (Å²) in [5.74, 6) is 0.0890. The van der Waals surface area contributed by atoms with Gasteiger partial charge in [-0.25, -0.2) is 0 Å². The van der Waals surface area contributed by atoms with Crippen LogP contribution in [0.2, 0.25) is 0 Å². The Morgan fingerprint density at radius 2 is 2.05 bits per heavy atom. The van der Waals surface area contributed by atoms with E-state index in [4.69, 9.17) is 0 Å². The predicted molar refractivity (Wildman–Crippen MR) is 82.5 cm³/mol. The van der Waals surface area contributed by atoms with E-state index >= 15 is 0 Å². The molecule has 4 nitrogen and oxygen atoms in total. The van der Waals surface area contributed by atoms with E-state index in [0.29, 0.717) is 13.0 Å². The molecule has 0 atom stereocenters. The highest BCUT2D eigenvalue weighted by Gasteiger charge is 2.12. The maximum Gasteiger partial charge on any atom is 0.221 e. The Kier molecular flexibility index (Phi) is 4.45. The minimum atomic E-state index is -0.156. The third kappa shape index (κ3) is 4.38. The van der Waals surface area contributed by atoms with Crippen LogP contribution in [0.15, 0.2) is 30.5 Å². The topological polar surface area (TPSA) is 56.9 Å². The maximum absolute atomic E-state index is 11.7. The molecule has 4 heteroatoms. The molecule has 1 aromatic heterocycles. The second-order valence-electron chi connectivity index (χ2n) is 6.12. The molecule has 0 bridgehead atoms. The molecule has 0 spiro atoms. The number of aromatic nitrogens is 1. The van der Waals surface area contributed by atoms with E-state index in [1.807, 2.05) is 27.0 Å². The fourth-order valence-corrected chi connectivity index (χ4v) is 2.13. The van der Waals surface area contributed by atoms with Crippen LogP contribution < -0.4 is 10.6 Å². The number of aromatic amines is 1. The SMILES string of the molecule is CC(C)(C)NC(=O)CCNCc1ccc2[nH]ccc2c1. The van der Waals surface area contributed by atoms with Gasteiger partial charge in [-0.15, -0.1) is 0 Å². The second kappa shape index (κ2) is 6.09. The van der Waals surface area contributed by atoms with Crippen molar-refractivity contribution in [1.82, 2.24) is 15.6 Å². The van der Waals surface area contributed by atoms with Gasteiger partial charge in [0.25, 0.3) is 0 Å². The zero-order chi connectivity index (χ0) is 14.6. The monoisotopic (exact) mass is 273 g/mol. The first-order chi connectivity index (χ1) is 9.44. The van der Waals surface area contributed by atoms with E-state index in [1.165, 1.54) is 10.9 Å². The highest BCUT2D eigenvalue weighted by Crippen LogP contribution is 2.13. The van der Waals surface area contributed by atoms with Crippen LogP contribution in [0.25, 0.3) is 10.9 Å². The van der Waals surface area contributed by atoms with Gasteiger partial charge in [0.1, 0.15) is 0 Å². The summed E-state index contributed by atoms with van der Waals surface area (Å²) in [7, 11) is 0. The van der Waals surface area contributed by atoms with Gasteiger partial charge in [-0.2, -0.15) is 0 Å². The standard InChI is InChI=1S/C16H23N3O/c1-16(2,3)19-15(20)7-8-17-11-12-4-5-14-13(10-12)6-9-18-14/h4-6,9-10,17-18H,7-8,11H2,1-3H3,(H,19,20). The summed E-state index contributed by atoms with van der Waals surface area (Å²) in [5.41, 5.74) is 2.22. The number of benzene rings is 1. The van der Waals surface area contributed by atoms with Gasteiger partial charge in [0, 0.05) is 36.8 Å². The minimum Gasteiger partial charge on any atom is -0.361 e. The lowest BCUT2D eigenvalue weighted by atomic mass is 10.1. The third-order valence-corrected chi connectivity index (χ3v) is 2.99. The molecule has 108 valence electrons. The van der Waals surface area contributed by atoms with Crippen LogP contribution in [0.1, 0.15) is 32.8 Å². The van der Waals surface area contributed by atoms with Crippen molar-refractivity contribution in [3.63, 3.8) is 0 Å². The zero-order valence-corrected chi connectivity index (χ0v) is 12.4. The number of H-pyrrole nitrogens is 1. The van der Waals surface area contributed by atoms with E-state index in [1.54, 1.807) is 0 Å². The summed E-state index contributed by atoms with van der Waals surface area (Å²) in [4.78, 5) is 14.8. The number of carbonyl (C=O) groups excluding carboxylic acids is 1. The highest BCUT2D eigenvalue weighted by atomic mass is 16.1. The molecule has 20 heavy (non-hydrogen) atoms. The second-order valence-corrected chi connectivity index (χ2v) is 6.12. The summed E-state index contributed by atoms with van der Waals surface area (Å²) >= 11 is 0. The molecule has 0 saturated heterocycles. The van der Waals surface area contributed by atoms with Gasteiger partial charge < -0.3 is 15.6 Å². The molecule has 2 rings (SSSR count). The van der Waals surface area contributed by atoms with Crippen molar-refractivity contribution < 1.29 is 4.79 Å². The van der Waals surface area contributed by atoms with Crippen LogP contribution in [0.5, 0.6) is 0 Å². The lowest BCUT2D eigenvalue weighted by Crippen LogP contribution is -2.41. The number of amides is 1. The summed E-state index contributed by atoms with van der Waals surface area (Å²) in [6.07, 6.45) is 2.45. The van der Waals surface area contributed by atoms with Crippen molar-refractivity contribution in [2.24, 2.45) is 0 Å². The average Bonchev–Trinajstić information content (AvgIpc) is 2.79. The number of hydrogen-bond donors (Lipinski definition) is 3. The Balaban J connectivity index is 1.74. The van der Waals surface area contributed by atoms with Gasteiger partial charge in [0.05, 0.1) is 0 Å². The lowest BCUT2D eigenvalue weighted by Gasteiger charge is -2.20.